The van der Waals surface area contributed by atoms with Crippen molar-refractivity contribution in [2.24, 2.45) is 33.8 Å². The molecular formula is C68H113N25O22S3. The lowest BCUT2D eigenvalue weighted by Crippen LogP contribution is -2.63. The number of aliphatic imine (C=N–C) groups is 1. The van der Waals surface area contributed by atoms with Crippen LogP contribution in [-0.4, -0.2) is 332 Å². The summed E-state index contributed by atoms with van der Waals surface area (Å²) in [5.74, 6) is -17.4. The molecule has 0 aromatic carbocycles. The maximum absolute atomic E-state index is 14.6. The van der Waals surface area contributed by atoms with Gasteiger partial charge in [0.1, 0.15) is 84.6 Å². The number of rotatable bonds is 57. The Balaban J connectivity index is 1.89. The van der Waals surface area contributed by atoms with Crippen LogP contribution in [-0.2, 0) is 91.2 Å². The van der Waals surface area contributed by atoms with E-state index in [2.05, 4.69) is 122 Å². The van der Waals surface area contributed by atoms with E-state index < -0.39 is 230 Å². The second kappa shape index (κ2) is 53.9. The molecule has 50 heteroatoms. The molecular weight excluding hydrogens is 1620 g/mol. The van der Waals surface area contributed by atoms with Crippen molar-refractivity contribution in [3.8, 4) is 0 Å². The number of H-pyrrole nitrogens is 3. The molecule has 3 heterocycles. The number of carboxylic acid groups (broad SMARTS) is 1. The normalized spacial score (nSPS) is 15.6. The van der Waals surface area contributed by atoms with Crippen molar-refractivity contribution >= 4 is 131 Å². The third-order valence-corrected chi connectivity index (χ3v) is 19.3. The van der Waals surface area contributed by atoms with Crippen LogP contribution in [0.4, 0.5) is 0 Å². The largest absolute Gasteiger partial charge is 0.480 e. The number of thiol groups is 1. The van der Waals surface area contributed by atoms with E-state index in [9.17, 15) is 108 Å². The first-order valence-corrected chi connectivity index (χ1v) is 40.7. The molecule has 660 valence electrons. The number of guanidine groups is 1. The van der Waals surface area contributed by atoms with E-state index in [-0.39, 0.29) is 105 Å². The molecule has 0 fully saturated rings. The molecule has 32 N–H and O–H groups in total. The van der Waals surface area contributed by atoms with Crippen LogP contribution < -0.4 is 97.4 Å². The van der Waals surface area contributed by atoms with E-state index in [0.717, 1.165) is 13.8 Å². The van der Waals surface area contributed by atoms with Crippen molar-refractivity contribution in [1.29, 1.82) is 0 Å². The maximum Gasteiger partial charge on any atom is 0.326 e. The van der Waals surface area contributed by atoms with Gasteiger partial charge >= 0.3 is 5.97 Å². The van der Waals surface area contributed by atoms with E-state index in [0.29, 0.717) is 5.69 Å². The molecule has 14 amide bonds. The zero-order valence-corrected chi connectivity index (χ0v) is 68.4. The predicted molar refractivity (Wildman–Crippen MR) is 429 cm³/mol. The highest BCUT2D eigenvalue weighted by Crippen LogP contribution is 2.13. The lowest BCUT2D eigenvalue weighted by atomic mass is 10.0. The summed E-state index contributed by atoms with van der Waals surface area (Å²) >= 11 is 6.44. The highest BCUT2D eigenvalue weighted by Gasteiger charge is 2.40. The quantitative estimate of drug-likeness (QED) is 0.0108. The smallest absolute Gasteiger partial charge is 0.326 e. The van der Waals surface area contributed by atoms with E-state index >= 15 is 0 Å². The van der Waals surface area contributed by atoms with Crippen LogP contribution in [0.2, 0.25) is 0 Å². The summed E-state index contributed by atoms with van der Waals surface area (Å²) in [6.45, 7) is 0.838. The molecule has 0 aliphatic heterocycles. The SMILES string of the molecule is CSCC[C@H](NC(=O)[C@H](CCSC)NC(=O)[C@@H](NC(=O)[C@H](CO)NC(=O)[C@@H](N)CS)[C@@H](C)O)C(=O)N[C@@H](CO)C(=O)N[C@@H](CCCN=C(N)N)C(=O)N[C@@H](CO)C(=O)N[C@@H](Cc1cnc[nH]1)C(=O)N[C@@H](CCCCN)C(=O)N[C@H](C(=O)N[C@@H](CO)C(=O)N[C@@H](Cc1cnc[nH]1)C(=O)N[C@@H](Cc1cnc[nH]1)C(=O)N[C@H](C(=O)O)C(C)C)[C@@H](C)O. The molecule has 3 aromatic heterocycles. The van der Waals surface area contributed by atoms with Crippen molar-refractivity contribution in [3.05, 3.63) is 54.7 Å². The van der Waals surface area contributed by atoms with Gasteiger partial charge in [0.25, 0.3) is 0 Å². The first kappa shape index (κ1) is 102. The number of aliphatic hydroxyl groups is 6. The molecule has 0 radical (unpaired) electrons. The number of nitrogens with one attached hydrogen (secondary N) is 17. The van der Waals surface area contributed by atoms with Crippen molar-refractivity contribution in [1.82, 2.24) is 104 Å². The van der Waals surface area contributed by atoms with Gasteiger partial charge in [-0.15, -0.1) is 0 Å². The highest BCUT2D eigenvalue weighted by molar-refractivity contribution is 7.98. The van der Waals surface area contributed by atoms with Crippen LogP contribution in [0.3, 0.4) is 0 Å². The molecule has 3 aromatic rings. The summed E-state index contributed by atoms with van der Waals surface area (Å²) in [4.78, 5) is 231. The second-order valence-electron chi connectivity index (χ2n) is 27.4. The number of amides is 14. The van der Waals surface area contributed by atoms with Gasteiger partial charge in [0, 0.05) is 67.2 Å². The Labute approximate surface area is 692 Å². The van der Waals surface area contributed by atoms with Crippen LogP contribution in [0.25, 0.3) is 0 Å². The number of carboxylic acids is 1. The summed E-state index contributed by atoms with van der Waals surface area (Å²) in [7, 11) is 0. The van der Waals surface area contributed by atoms with Gasteiger partial charge in [-0.3, -0.25) is 72.1 Å². The van der Waals surface area contributed by atoms with Gasteiger partial charge in [-0.25, -0.2) is 19.7 Å². The summed E-state index contributed by atoms with van der Waals surface area (Å²) in [6, 6.07) is -24.8. The Hall–Kier alpha value is -10.3. The zero-order chi connectivity index (χ0) is 88.3. The Morgan fingerprint density at radius 2 is 0.695 bits per heavy atom. The van der Waals surface area contributed by atoms with Gasteiger partial charge in [0.05, 0.1) is 63.7 Å². The van der Waals surface area contributed by atoms with Crippen LogP contribution >= 0.6 is 36.2 Å². The lowest BCUT2D eigenvalue weighted by Gasteiger charge is -2.28. The van der Waals surface area contributed by atoms with Gasteiger partial charge in [-0.05, 0) is 95.3 Å². The summed E-state index contributed by atoms with van der Waals surface area (Å²) in [5, 5.41) is 106. The number of unbranched alkanes of at least 4 members (excludes halogenated alkanes) is 1. The van der Waals surface area contributed by atoms with E-state index in [1.54, 1.807) is 26.4 Å². The summed E-state index contributed by atoms with van der Waals surface area (Å²) in [6.07, 6.45) is 6.24. The van der Waals surface area contributed by atoms with E-state index in [1.807, 2.05) is 0 Å². The average Bonchev–Trinajstić information content (AvgIpc) is 1.55. The van der Waals surface area contributed by atoms with Crippen molar-refractivity contribution < 1.29 is 108 Å². The molecule has 17 atom stereocenters. The number of imidazole rings is 3. The molecule has 0 bridgehead atoms. The molecule has 118 heavy (non-hydrogen) atoms. The Morgan fingerprint density at radius 3 is 1.00 bits per heavy atom. The first-order valence-electron chi connectivity index (χ1n) is 37.3. The Bertz CT molecular complexity index is 3730. The van der Waals surface area contributed by atoms with Gasteiger partial charge in [-0.1, -0.05) is 13.8 Å². The van der Waals surface area contributed by atoms with Gasteiger partial charge in [0.2, 0.25) is 82.7 Å². The lowest BCUT2D eigenvalue weighted by molar-refractivity contribution is -0.143. The molecule has 0 saturated heterocycles. The second-order valence-corrected chi connectivity index (χ2v) is 29.7. The number of aliphatic carboxylic acids is 1. The molecule has 0 saturated carbocycles. The van der Waals surface area contributed by atoms with Gasteiger partial charge in [-0.2, -0.15) is 36.2 Å². The Kier molecular flexibility index (Phi) is 46.5. The molecule has 0 spiro atoms. The number of thioether (sulfide) groups is 2. The number of carbonyl (C=O) groups is 15. The predicted octanol–water partition coefficient (Wildman–Crippen LogP) is -11.9. The van der Waals surface area contributed by atoms with Crippen LogP contribution in [0.5, 0.6) is 0 Å². The van der Waals surface area contributed by atoms with Crippen LogP contribution in [0, 0.1) is 5.92 Å². The minimum atomic E-state index is -1.97. The number of hydrogen-bond acceptors (Lipinski definition) is 30. The molecule has 0 aliphatic rings. The maximum atomic E-state index is 14.6. The summed E-state index contributed by atoms with van der Waals surface area (Å²) in [5.41, 5.74) is 23.3. The van der Waals surface area contributed by atoms with Gasteiger partial charge < -0.3 is 148 Å². The summed E-state index contributed by atoms with van der Waals surface area (Å²) < 4.78 is 0. The topological polar surface area (TPSA) is 769 Å². The number of nitrogens with two attached hydrogens (primary N) is 4. The number of nitrogens with zero attached hydrogens (tertiary/aromatic N) is 4. The molecule has 3 rings (SSSR count). The number of aromatic nitrogens is 6. The fraction of sp³-hybridized carbons (Fsp3) is 0.632. The Morgan fingerprint density at radius 1 is 0.415 bits per heavy atom. The highest BCUT2D eigenvalue weighted by atomic mass is 32.2. The molecule has 0 aliphatic carbocycles. The van der Waals surface area contributed by atoms with Crippen molar-refractivity contribution in [2.75, 3.05) is 69.3 Å². The molecule has 47 nitrogen and oxygen atoms in total. The minimum absolute atomic E-state index is 0.0670. The monoisotopic (exact) mass is 1730 g/mol. The van der Waals surface area contributed by atoms with Gasteiger partial charge in [0.15, 0.2) is 5.96 Å². The number of aromatic amines is 3. The molecule has 0 unspecified atom stereocenters. The standard InChI is InChI=1S/C68H113N25O22S3/c1-32(2)50(67(114)115)91-60(107)45(20-37-23-75-31-79-37)84-59(106)44(19-36-22-74-30-78-36)86-63(110)48(26-96)90-66(113)52(34(4)99)92-57(104)39(10-7-8-14-69)80-58(105)43(18-35-21-73-29-77-35)85-62(109)47(25-95)88-54(101)40(11-9-15-76-68(71)72)81-61(108)46(24-94)89-56(103)41(12-16-117-5)82-55(102)42(13-17-118-6)83-65(112)51(33(3)98)93-64(111)49(27-97)87-53(100)38(70)28-116/h21-23,29-34,38-52,94-99,116H,7-20,24-28,69-70H2,1-6H3,(H,73,77)(H,74,78)(H,75,79)(H,80,105)(H,81,108)(H,82,102)(H,83,112)(H,84,106)(H,85,109)(H,86,110)(H,87,100)(H,88,101)(H,89,103)(H,90,113)(H,91,107)(H,92,104)(H,93,111)(H,114,115)(H4,71,72,76)/t33-,34-,38+,39+,40+,41+,42+,43+,44+,45+,46+,47+,48+,49+,50+,51+,52+/m1/s1. The first-order chi connectivity index (χ1) is 56.0. The van der Waals surface area contributed by atoms with Crippen LogP contribution in [0.15, 0.2) is 42.6 Å². The van der Waals surface area contributed by atoms with Crippen molar-refractivity contribution in [2.45, 2.75) is 195 Å². The number of aliphatic hydroxyl groups excluding tert-OH is 6. The van der Waals surface area contributed by atoms with Crippen molar-refractivity contribution in [3.63, 3.8) is 0 Å². The van der Waals surface area contributed by atoms with E-state index in [1.165, 1.54) is 61.1 Å². The van der Waals surface area contributed by atoms with E-state index in [4.69, 9.17) is 22.9 Å². The third kappa shape index (κ3) is 35.5. The number of hydrogen-bond donors (Lipinski definition) is 29. The number of carbonyl (C=O) groups excluding carboxylic acids is 14. The fourth-order valence-corrected chi connectivity index (χ4v) is 12.1. The fourth-order valence-electron chi connectivity index (χ4n) is 10.9. The average molecular weight is 1730 g/mol. The van der Waals surface area contributed by atoms with Crippen LogP contribution in [0.1, 0.15) is 89.7 Å². The third-order valence-electron chi connectivity index (χ3n) is 17.6. The zero-order valence-electron chi connectivity index (χ0n) is 65.9. The minimum Gasteiger partial charge on any atom is -0.480 e.